The van der Waals surface area contributed by atoms with Crippen LogP contribution in [-0.2, 0) is 4.74 Å². The zero-order chi connectivity index (χ0) is 19.2. The van der Waals surface area contributed by atoms with Crippen LogP contribution in [0.4, 0.5) is 4.39 Å². The number of carbonyl (C=O) groups excluding carboxylic acids is 1. The number of halogens is 1. The quantitative estimate of drug-likeness (QED) is 0.750. The molecule has 1 aromatic heterocycles. The standard InChI is InChI=1S/C21H26FN3O2/c1-24(2)12-13-25(15-18-5-4-14-27-18)21(26)17-9-7-16(8-10-17)20-19(22)6-3-11-23-20/h3,6-11,18H,4-5,12-15H2,1-2H3/t18-/m0/s1. The van der Waals surface area contributed by atoms with E-state index in [1.54, 1.807) is 36.5 Å². The van der Waals surface area contributed by atoms with E-state index in [9.17, 15) is 9.18 Å². The van der Waals surface area contributed by atoms with Crippen molar-refractivity contribution in [2.75, 3.05) is 40.3 Å². The van der Waals surface area contributed by atoms with Crippen molar-refractivity contribution in [2.24, 2.45) is 0 Å². The van der Waals surface area contributed by atoms with E-state index in [0.717, 1.165) is 26.0 Å². The highest BCUT2D eigenvalue weighted by Gasteiger charge is 2.23. The zero-order valence-electron chi connectivity index (χ0n) is 15.9. The summed E-state index contributed by atoms with van der Waals surface area (Å²) >= 11 is 0. The van der Waals surface area contributed by atoms with Gasteiger partial charge in [0.1, 0.15) is 11.5 Å². The molecule has 2 aromatic rings. The molecule has 1 saturated heterocycles. The minimum atomic E-state index is -0.373. The molecule has 1 amide bonds. The molecule has 2 heterocycles. The summed E-state index contributed by atoms with van der Waals surface area (Å²) in [6.07, 6.45) is 3.70. The summed E-state index contributed by atoms with van der Waals surface area (Å²) < 4.78 is 19.6. The number of aromatic nitrogens is 1. The summed E-state index contributed by atoms with van der Waals surface area (Å²) in [6.45, 7) is 2.80. The topological polar surface area (TPSA) is 45.7 Å². The predicted octanol–water partition coefficient (Wildman–Crippen LogP) is 3.07. The monoisotopic (exact) mass is 371 g/mol. The molecule has 0 radical (unpaired) electrons. The molecule has 0 bridgehead atoms. The Morgan fingerprint density at radius 2 is 2.00 bits per heavy atom. The van der Waals surface area contributed by atoms with Crippen LogP contribution in [0.5, 0.6) is 0 Å². The summed E-state index contributed by atoms with van der Waals surface area (Å²) in [6, 6.07) is 9.91. The summed E-state index contributed by atoms with van der Waals surface area (Å²) in [5.41, 5.74) is 1.54. The largest absolute Gasteiger partial charge is 0.376 e. The Morgan fingerprint density at radius 1 is 1.22 bits per heavy atom. The van der Waals surface area contributed by atoms with E-state index in [0.29, 0.717) is 29.9 Å². The molecule has 1 fully saturated rings. The minimum absolute atomic E-state index is 0.0274. The average molecular weight is 371 g/mol. The Labute approximate surface area is 159 Å². The molecule has 0 N–H and O–H groups in total. The Balaban J connectivity index is 1.75. The van der Waals surface area contributed by atoms with Crippen molar-refractivity contribution in [1.29, 1.82) is 0 Å². The molecule has 1 atom stereocenters. The second-order valence-corrected chi connectivity index (χ2v) is 7.10. The number of pyridine rings is 1. The highest BCUT2D eigenvalue weighted by atomic mass is 19.1. The second kappa shape index (κ2) is 9.06. The maximum Gasteiger partial charge on any atom is 0.253 e. The van der Waals surface area contributed by atoms with Crippen LogP contribution in [0.15, 0.2) is 42.6 Å². The Bertz CT molecular complexity index is 758. The van der Waals surface area contributed by atoms with Gasteiger partial charge in [-0.2, -0.15) is 0 Å². The number of likely N-dealkylation sites (N-methyl/N-ethyl adjacent to an activating group) is 1. The van der Waals surface area contributed by atoms with Gasteiger partial charge in [-0.1, -0.05) is 12.1 Å². The molecule has 1 aliphatic heterocycles. The van der Waals surface area contributed by atoms with Crippen LogP contribution in [-0.4, -0.2) is 67.1 Å². The average Bonchev–Trinajstić information content (AvgIpc) is 3.18. The Kier molecular flexibility index (Phi) is 6.53. The van der Waals surface area contributed by atoms with Crippen molar-refractivity contribution < 1.29 is 13.9 Å². The first kappa shape index (κ1) is 19.5. The molecule has 0 saturated carbocycles. The highest BCUT2D eigenvalue weighted by molar-refractivity contribution is 5.94. The first-order valence-corrected chi connectivity index (χ1v) is 9.31. The lowest BCUT2D eigenvalue weighted by molar-refractivity contribution is 0.0512. The van der Waals surface area contributed by atoms with E-state index in [2.05, 4.69) is 9.88 Å². The molecule has 5 nitrogen and oxygen atoms in total. The number of carbonyl (C=O) groups is 1. The fourth-order valence-electron chi connectivity index (χ4n) is 3.18. The van der Waals surface area contributed by atoms with E-state index in [1.165, 1.54) is 6.07 Å². The van der Waals surface area contributed by atoms with Gasteiger partial charge in [-0.25, -0.2) is 4.39 Å². The normalized spacial score (nSPS) is 16.7. The highest BCUT2D eigenvalue weighted by Crippen LogP contribution is 2.21. The van der Waals surface area contributed by atoms with Crippen molar-refractivity contribution in [3.8, 4) is 11.3 Å². The number of hydrogen-bond acceptors (Lipinski definition) is 4. The molecule has 144 valence electrons. The molecule has 0 spiro atoms. The zero-order valence-corrected chi connectivity index (χ0v) is 15.9. The van der Waals surface area contributed by atoms with Gasteiger partial charge in [0.25, 0.3) is 5.91 Å². The molecule has 0 aliphatic carbocycles. The molecular formula is C21H26FN3O2. The molecular weight excluding hydrogens is 345 g/mol. The van der Waals surface area contributed by atoms with Gasteiger partial charge >= 0.3 is 0 Å². The van der Waals surface area contributed by atoms with E-state index in [4.69, 9.17) is 4.74 Å². The predicted molar refractivity (Wildman–Crippen MR) is 103 cm³/mol. The third kappa shape index (κ3) is 5.11. The van der Waals surface area contributed by atoms with Gasteiger partial charge in [0, 0.05) is 43.6 Å². The van der Waals surface area contributed by atoms with Gasteiger partial charge in [-0.3, -0.25) is 9.78 Å². The van der Waals surface area contributed by atoms with Crippen LogP contribution >= 0.6 is 0 Å². The molecule has 0 unspecified atom stereocenters. The van der Waals surface area contributed by atoms with Crippen molar-refractivity contribution in [1.82, 2.24) is 14.8 Å². The number of hydrogen-bond donors (Lipinski definition) is 0. The minimum Gasteiger partial charge on any atom is -0.376 e. The Morgan fingerprint density at radius 3 is 2.63 bits per heavy atom. The molecule has 1 aromatic carbocycles. The van der Waals surface area contributed by atoms with Crippen LogP contribution in [0, 0.1) is 5.82 Å². The molecule has 6 heteroatoms. The van der Waals surface area contributed by atoms with Crippen LogP contribution in [0.3, 0.4) is 0 Å². The third-order valence-electron chi connectivity index (χ3n) is 4.72. The SMILES string of the molecule is CN(C)CCN(C[C@@H]1CCCO1)C(=O)c1ccc(-c2ncccc2F)cc1. The van der Waals surface area contributed by atoms with Crippen molar-refractivity contribution in [3.63, 3.8) is 0 Å². The van der Waals surface area contributed by atoms with E-state index < -0.39 is 0 Å². The number of ether oxygens (including phenoxy) is 1. The van der Waals surface area contributed by atoms with Crippen LogP contribution in [0.1, 0.15) is 23.2 Å². The third-order valence-corrected chi connectivity index (χ3v) is 4.72. The molecule has 1 aliphatic rings. The lowest BCUT2D eigenvalue weighted by Gasteiger charge is -2.27. The lowest BCUT2D eigenvalue weighted by Crippen LogP contribution is -2.41. The van der Waals surface area contributed by atoms with E-state index >= 15 is 0 Å². The smallest absolute Gasteiger partial charge is 0.253 e. The Hall–Kier alpha value is -2.31. The van der Waals surface area contributed by atoms with Gasteiger partial charge < -0.3 is 14.5 Å². The number of nitrogens with zero attached hydrogens (tertiary/aromatic N) is 3. The fourth-order valence-corrected chi connectivity index (χ4v) is 3.18. The van der Waals surface area contributed by atoms with Gasteiger partial charge in [0.05, 0.1) is 6.10 Å². The van der Waals surface area contributed by atoms with Gasteiger partial charge in [-0.15, -0.1) is 0 Å². The van der Waals surface area contributed by atoms with Crippen molar-refractivity contribution in [2.45, 2.75) is 18.9 Å². The van der Waals surface area contributed by atoms with Crippen molar-refractivity contribution in [3.05, 3.63) is 54.0 Å². The second-order valence-electron chi connectivity index (χ2n) is 7.10. The maximum atomic E-state index is 13.9. The van der Waals surface area contributed by atoms with E-state index in [1.807, 2.05) is 19.0 Å². The van der Waals surface area contributed by atoms with Gasteiger partial charge in [0.2, 0.25) is 0 Å². The first-order chi connectivity index (χ1) is 13.0. The molecule has 27 heavy (non-hydrogen) atoms. The van der Waals surface area contributed by atoms with Gasteiger partial charge in [0.15, 0.2) is 0 Å². The number of rotatable bonds is 7. The van der Waals surface area contributed by atoms with E-state index in [-0.39, 0.29) is 17.8 Å². The van der Waals surface area contributed by atoms with Gasteiger partial charge in [-0.05, 0) is 51.2 Å². The van der Waals surface area contributed by atoms with Crippen molar-refractivity contribution >= 4 is 5.91 Å². The summed E-state index contributed by atoms with van der Waals surface area (Å²) in [5, 5.41) is 0. The fraction of sp³-hybridized carbons (Fsp3) is 0.429. The first-order valence-electron chi connectivity index (χ1n) is 9.31. The summed E-state index contributed by atoms with van der Waals surface area (Å²) in [7, 11) is 3.98. The van der Waals surface area contributed by atoms with Crippen LogP contribution < -0.4 is 0 Å². The summed E-state index contributed by atoms with van der Waals surface area (Å²) in [5.74, 6) is -0.400. The van der Waals surface area contributed by atoms with Crippen LogP contribution in [0.25, 0.3) is 11.3 Å². The van der Waals surface area contributed by atoms with Crippen LogP contribution in [0.2, 0.25) is 0 Å². The lowest BCUT2D eigenvalue weighted by atomic mass is 10.1. The molecule has 3 rings (SSSR count). The number of benzene rings is 1. The maximum absolute atomic E-state index is 13.9. The summed E-state index contributed by atoms with van der Waals surface area (Å²) in [4.78, 5) is 21.0. The number of amides is 1.